The summed E-state index contributed by atoms with van der Waals surface area (Å²) in [6.07, 6.45) is 1.26. The first-order valence-electron chi connectivity index (χ1n) is 7.71. The van der Waals surface area contributed by atoms with Crippen LogP contribution in [0.1, 0.15) is 6.42 Å². The number of piperidine rings is 1. The average Bonchev–Trinajstić information content (AvgIpc) is 2.94. The molecular formula is C15H24ClN3O3S. The van der Waals surface area contributed by atoms with Crippen molar-refractivity contribution in [2.75, 3.05) is 39.3 Å². The predicted molar refractivity (Wildman–Crippen MR) is 91.5 cm³/mol. The van der Waals surface area contributed by atoms with Crippen LogP contribution in [0.3, 0.4) is 0 Å². The van der Waals surface area contributed by atoms with E-state index in [4.69, 9.17) is 9.88 Å². The summed E-state index contributed by atoms with van der Waals surface area (Å²) in [5, 5.41) is 8.53. The molecule has 2 atom stereocenters. The largest absolute Gasteiger partial charge is 0.492 e. The molecule has 0 saturated carbocycles. The Hall–Kier alpha value is -0.860. The van der Waals surface area contributed by atoms with Gasteiger partial charge in [-0.3, -0.25) is 4.90 Å². The van der Waals surface area contributed by atoms with Gasteiger partial charge in [0, 0.05) is 13.1 Å². The monoisotopic (exact) mass is 361 g/mol. The smallest absolute Gasteiger partial charge is 0.238 e. The molecule has 23 heavy (non-hydrogen) atoms. The molecule has 3 rings (SSSR count). The Morgan fingerprint density at radius 2 is 1.91 bits per heavy atom. The number of hydrogen-bond acceptors (Lipinski definition) is 5. The fourth-order valence-electron chi connectivity index (χ4n) is 3.33. The Kier molecular flexibility index (Phi) is 6.27. The molecule has 0 aliphatic carbocycles. The molecule has 2 unspecified atom stereocenters. The number of benzene rings is 1. The molecule has 2 heterocycles. The van der Waals surface area contributed by atoms with Crippen LogP contribution in [0.25, 0.3) is 0 Å². The van der Waals surface area contributed by atoms with Gasteiger partial charge in [0.15, 0.2) is 0 Å². The second kappa shape index (κ2) is 7.81. The number of likely N-dealkylation sites (tertiary alicyclic amines) is 1. The van der Waals surface area contributed by atoms with Crippen LogP contribution < -0.4 is 15.2 Å². The van der Waals surface area contributed by atoms with Crippen LogP contribution >= 0.6 is 12.4 Å². The number of sulfonamides is 1. The van der Waals surface area contributed by atoms with E-state index in [9.17, 15) is 8.42 Å². The third-order valence-corrected chi connectivity index (χ3v) is 5.55. The molecule has 3 N–H and O–H groups in total. The molecule has 6 nitrogen and oxygen atoms in total. The van der Waals surface area contributed by atoms with Gasteiger partial charge in [-0.25, -0.2) is 13.6 Å². The van der Waals surface area contributed by atoms with E-state index in [2.05, 4.69) is 10.2 Å². The van der Waals surface area contributed by atoms with Crippen molar-refractivity contribution in [2.24, 2.45) is 17.0 Å². The number of nitrogens with zero attached hydrogens (tertiary/aromatic N) is 1. The van der Waals surface area contributed by atoms with E-state index in [0.717, 1.165) is 38.0 Å². The minimum Gasteiger partial charge on any atom is -0.492 e. The van der Waals surface area contributed by atoms with Crippen LogP contribution in [0.15, 0.2) is 29.2 Å². The molecule has 8 heteroatoms. The second-order valence-electron chi connectivity index (χ2n) is 6.13. The van der Waals surface area contributed by atoms with E-state index in [0.29, 0.717) is 12.4 Å². The van der Waals surface area contributed by atoms with E-state index in [-0.39, 0.29) is 17.3 Å². The fraction of sp³-hybridized carbons (Fsp3) is 0.600. The number of rotatable bonds is 5. The Labute approximate surface area is 143 Å². The lowest BCUT2D eigenvalue weighted by molar-refractivity contribution is 0.127. The fourth-order valence-corrected chi connectivity index (χ4v) is 3.85. The van der Waals surface area contributed by atoms with Crippen molar-refractivity contribution in [1.29, 1.82) is 0 Å². The topological polar surface area (TPSA) is 84.7 Å². The van der Waals surface area contributed by atoms with Gasteiger partial charge < -0.3 is 10.1 Å². The third kappa shape index (κ3) is 4.81. The number of primary sulfonamides is 1. The van der Waals surface area contributed by atoms with Crippen molar-refractivity contribution >= 4 is 22.4 Å². The van der Waals surface area contributed by atoms with E-state index in [1.165, 1.54) is 25.1 Å². The van der Waals surface area contributed by atoms with Gasteiger partial charge >= 0.3 is 0 Å². The molecule has 0 bridgehead atoms. The van der Waals surface area contributed by atoms with Crippen molar-refractivity contribution in [3.63, 3.8) is 0 Å². The summed E-state index contributed by atoms with van der Waals surface area (Å²) in [6, 6.07) is 6.24. The highest BCUT2D eigenvalue weighted by atomic mass is 35.5. The number of halogens is 1. The van der Waals surface area contributed by atoms with E-state index >= 15 is 0 Å². The summed E-state index contributed by atoms with van der Waals surface area (Å²) in [4.78, 5) is 2.56. The lowest BCUT2D eigenvalue weighted by Crippen LogP contribution is -2.41. The summed E-state index contributed by atoms with van der Waals surface area (Å²) in [7, 11) is -3.64. The molecule has 1 aromatic rings. The molecule has 130 valence electrons. The standard InChI is InChI=1S/C15H23N3O3S.ClH/c16-22(19,20)15-3-1-14(2-4-15)21-8-7-18-6-5-12-9-17-10-13(12)11-18;/h1-4,12-13,17H,5-11H2,(H2,16,19,20);1H. The molecule has 2 saturated heterocycles. The van der Waals surface area contributed by atoms with Crippen molar-refractivity contribution in [2.45, 2.75) is 11.3 Å². The van der Waals surface area contributed by atoms with Gasteiger partial charge in [-0.15, -0.1) is 12.4 Å². The number of ether oxygens (including phenoxy) is 1. The lowest BCUT2D eigenvalue weighted by atomic mass is 9.89. The molecule has 0 aromatic heterocycles. The molecule has 1 aromatic carbocycles. The molecule has 2 aliphatic rings. The maximum Gasteiger partial charge on any atom is 0.238 e. The highest BCUT2D eigenvalue weighted by Crippen LogP contribution is 2.26. The Morgan fingerprint density at radius 1 is 1.22 bits per heavy atom. The van der Waals surface area contributed by atoms with Crippen molar-refractivity contribution in [3.8, 4) is 5.75 Å². The quantitative estimate of drug-likeness (QED) is 0.805. The van der Waals surface area contributed by atoms with Gasteiger partial charge in [-0.2, -0.15) is 0 Å². The van der Waals surface area contributed by atoms with Gasteiger partial charge in [0.05, 0.1) is 4.90 Å². The minimum absolute atomic E-state index is 0. The Balaban J connectivity index is 0.00000192. The van der Waals surface area contributed by atoms with Gasteiger partial charge in [-0.05, 0) is 62.2 Å². The average molecular weight is 362 g/mol. The first kappa shape index (κ1) is 18.5. The summed E-state index contributed by atoms with van der Waals surface area (Å²) in [5.74, 6) is 2.30. The molecule has 0 radical (unpaired) electrons. The van der Waals surface area contributed by atoms with Gasteiger partial charge in [0.2, 0.25) is 10.0 Å². The second-order valence-corrected chi connectivity index (χ2v) is 7.69. The van der Waals surface area contributed by atoms with E-state index in [1.54, 1.807) is 12.1 Å². The van der Waals surface area contributed by atoms with Crippen LogP contribution in [0.5, 0.6) is 5.75 Å². The number of nitrogens with one attached hydrogen (secondary N) is 1. The first-order chi connectivity index (χ1) is 10.5. The number of hydrogen-bond donors (Lipinski definition) is 2. The van der Waals surface area contributed by atoms with E-state index in [1.807, 2.05) is 0 Å². The van der Waals surface area contributed by atoms with Crippen molar-refractivity contribution < 1.29 is 13.2 Å². The number of nitrogens with two attached hydrogens (primary N) is 1. The number of fused-ring (bicyclic) bond motifs is 1. The minimum atomic E-state index is -3.64. The van der Waals surface area contributed by atoms with E-state index < -0.39 is 10.0 Å². The van der Waals surface area contributed by atoms with Crippen LogP contribution in [-0.4, -0.2) is 52.6 Å². The Morgan fingerprint density at radius 3 is 2.61 bits per heavy atom. The molecule has 2 fully saturated rings. The summed E-state index contributed by atoms with van der Waals surface area (Å²) >= 11 is 0. The zero-order valence-corrected chi connectivity index (χ0v) is 14.6. The molecular weight excluding hydrogens is 338 g/mol. The molecule has 0 amide bonds. The zero-order valence-electron chi connectivity index (χ0n) is 13.0. The zero-order chi connectivity index (χ0) is 15.6. The lowest BCUT2D eigenvalue weighted by Gasteiger charge is -2.34. The summed E-state index contributed by atoms with van der Waals surface area (Å²) in [5.41, 5.74) is 0. The summed E-state index contributed by atoms with van der Waals surface area (Å²) in [6.45, 7) is 6.10. The van der Waals surface area contributed by atoms with Gasteiger partial charge in [0.1, 0.15) is 12.4 Å². The van der Waals surface area contributed by atoms with Gasteiger partial charge in [0.25, 0.3) is 0 Å². The van der Waals surface area contributed by atoms with Crippen LogP contribution in [0, 0.1) is 11.8 Å². The normalized spacial score (nSPS) is 24.7. The van der Waals surface area contributed by atoms with Crippen LogP contribution in [-0.2, 0) is 10.0 Å². The Bertz CT molecular complexity index is 609. The third-order valence-electron chi connectivity index (χ3n) is 4.62. The SMILES string of the molecule is Cl.NS(=O)(=O)c1ccc(OCCN2CCC3CNCC3C2)cc1. The van der Waals surface area contributed by atoms with Crippen molar-refractivity contribution in [3.05, 3.63) is 24.3 Å². The van der Waals surface area contributed by atoms with Crippen molar-refractivity contribution in [1.82, 2.24) is 10.2 Å². The molecule has 0 spiro atoms. The highest BCUT2D eigenvalue weighted by molar-refractivity contribution is 7.89. The maximum atomic E-state index is 11.2. The summed E-state index contributed by atoms with van der Waals surface area (Å²) < 4.78 is 28.1. The van der Waals surface area contributed by atoms with Gasteiger partial charge in [-0.1, -0.05) is 0 Å². The molecule has 2 aliphatic heterocycles. The van der Waals surface area contributed by atoms with Crippen LogP contribution in [0.2, 0.25) is 0 Å². The highest BCUT2D eigenvalue weighted by Gasteiger charge is 2.32. The maximum absolute atomic E-state index is 11.2. The van der Waals surface area contributed by atoms with Crippen LogP contribution in [0.4, 0.5) is 0 Å². The predicted octanol–water partition coefficient (Wildman–Crippen LogP) is 0.676. The first-order valence-corrected chi connectivity index (χ1v) is 9.26.